The fraction of sp³-hybridized carbons (Fsp3) is 0.412. The van der Waals surface area contributed by atoms with Gasteiger partial charge in [0.25, 0.3) is 0 Å². The van der Waals surface area contributed by atoms with Crippen LogP contribution in [0.25, 0.3) is 10.6 Å². The molecule has 0 bridgehead atoms. The Labute approximate surface area is 128 Å². The molecule has 110 valence electrons. The third kappa shape index (κ3) is 3.00. The third-order valence-electron chi connectivity index (χ3n) is 4.12. The van der Waals surface area contributed by atoms with Crippen LogP contribution in [0.5, 0.6) is 0 Å². The van der Waals surface area contributed by atoms with E-state index in [-0.39, 0.29) is 0 Å². The highest BCUT2D eigenvalue weighted by Crippen LogP contribution is 2.35. The quantitative estimate of drug-likeness (QED) is 0.909. The zero-order valence-corrected chi connectivity index (χ0v) is 12.9. The van der Waals surface area contributed by atoms with Crippen LogP contribution >= 0.6 is 11.3 Å². The maximum Gasteiger partial charge on any atom is 0.335 e. The van der Waals surface area contributed by atoms with Crippen molar-refractivity contribution in [2.75, 3.05) is 0 Å². The Morgan fingerprint density at radius 3 is 2.81 bits per heavy atom. The Balaban J connectivity index is 1.83. The van der Waals surface area contributed by atoms with E-state index in [2.05, 4.69) is 6.92 Å². The number of aryl methyl sites for hydroxylation is 1. The topological polar surface area (TPSA) is 50.2 Å². The smallest absolute Gasteiger partial charge is 0.335 e. The molecule has 1 N–H and O–H groups in total. The molecule has 0 saturated carbocycles. The third-order valence-corrected chi connectivity index (χ3v) is 5.29. The number of hydrogen-bond donors (Lipinski definition) is 1. The van der Waals surface area contributed by atoms with Gasteiger partial charge in [-0.3, -0.25) is 0 Å². The van der Waals surface area contributed by atoms with Gasteiger partial charge in [0.2, 0.25) is 0 Å². The lowest BCUT2D eigenvalue weighted by atomic mass is 9.88. The number of nitrogens with zero attached hydrogens (tertiary/aromatic N) is 1. The second-order valence-corrected chi connectivity index (χ2v) is 6.75. The number of thiazole rings is 1. The van der Waals surface area contributed by atoms with Gasteiger partial charge in [-0.25, -0.2) is 9.78 Å². The number of fused-ring (bicyclic) bond motifs is 1. The van der Waals surface area contributed by atoms with Crippen molar-refractivity contribution in [2.24, 2.45) is 5.92 Å². The predicted octanol–water partition coefficient (Wildman–Crippen LogP) is 4.41. The molecule has 0 fully saturated rings. The SMILES string of the molecule is CCCC1CCc2nc(-c3ccc(C(=O)O)cc3)sc2C1. The minimum Gasteiger partial charge on any atom is -0.478 e. The zero-order valence-electron chi connectivity index (χ0n) is 12.1. The lowest BCUT2D eigenvalue weighted by Gasteiger charge is -2.20. The molecular formula is C17H19NO2S. The van der Waals surface area contributed by atoms with Gasteiger partial charge in [-0.15, -0.1) is 11.3 Å². The Kier molecular flexibility index (Phi) is 4.06. The first kappa shape index (κ1) is 14.3. The van der Waals surface area contributed by atoms with E-state index >= 15 is 0 Å². The van der Waals surface area contributed by atoms with E-state index in [1.165, 1.54) is 29.8 Å². The van der Waals surface area contributed by atoms with Crippen molar-refractivity contribution >= 4 is 17.3 Å². The van der Waals surface area contributed by atoms with Gasteiger partial charge < -0.3 is 5.11 Å². The van der Waals surface area contributed by atoms with Gasteiger partial charge in [-0.05, 0) is 37.3 Å². The second kappa shape index (κ2) is 5.98. The van der Waals surface area contributed by atoms with Gasteiger partial charge in [-0.2, -0.15) is 0 Å². The van der Waals surface area contributed by atoms with Crippen molar-refractivity contribution in [1.82, 2.24) is 4.98 Å². The summed E-state index contributed by atoms with van der Waals surface area (Å²) in [5, 5.41) is 9.97. The van der Waals surface area contributed by atoms with Crippen LogP contribution in [0, 0.1) is 5.92 Å². The molecule has 3 rings (SSSR count). The zero-order chi connectivity index (χ0) is 14.8. The Morgan fingerprint density at radius 1 is 1.38 bits per heavy atom. The van der Waals surface area contributed by atoms with E-state index in [1.807, 2.05) is 12.1 Å². The molecule has 0 radical (unpaired) electrons. The summed E-state index contributed by atoms with van der Waals surface area (Å²) in [6.45, 7) is 2.25. The molecular weight excluding hydrogens is 282 g/mol. The van der Waals surface area contributed by atoms with Crippen LogP contribution < -0.4 is 0 Å². The van der Waals surface area contributed by atoms with Gasteiger partial charge in [-0.1, -0.05) is 31.9 Å². The highest BCUT2D eigenvalue weighted by Gasteiger charge is 2.22. The average molecular weight is 301 g/mol. The largest absolute Gasteiger partial charge is 0.478 e. The Hall–Kier alpha value is -1.68. The first-order valence-electron chi connectivity index (χ1n) is 7.49. The molecule has 1 aromatic carbocycles. The van der Waals surface area contributed by atoms with Crippen LogP contribution in [0.4, 0.5) is 0 Å². The molecule has 1 aliphatic carbocycles. The van der Waals surface area contributed by atoms with E-state index in [1.54, 1.807) is 23.5 Å². The van der Waals surface area contributed by atoms with Crippen molar-refractivity contribution in [2.45, 2.75) is 39.0 Å². The number of carboxylic acids is 1. The van der Waals surface area contributed by atoms with Crippen molar-refractivity contribution < 1.29 is 9.90 Å². The summed E-state index contributed by atoms with van der Waals surface area (Å²) in [6.07, 6.45) is 6.06. The molecule has 1 atom stereocenters. The maximum atomic E-state index is 10.9. The molecule has 4 heteroatoms. The van der Waals surface area contributed by atoms with E-state index in [4.69, 9.17) is 10.1 Å². The van der Waals surface area contributed by atoms with E-state index < -0.39 is 5.97 Å². The summed E-state index contributed by atoms with van der Waals surface area (Å²) < 4.78 is 0. The van der Waals surface area contributed by atoms with Crippen LogP contribution in [0.1, 0.15) is 47.1 Å². The molecule has 0 aliphatic heterocycles. The molecule has 0 spiro atoms. The number of carboxylic acid groups (broad SMARTS) is 1. The van der Waals surface area contributed by atoms with Crippen molar-refractivity contribution in [3.63, 3.8) is 0 Å². The Morgan fingerprint density at radius 2 is 2.14 bits per heavy atom. The van der Waals surface area contributed by atoms with Crippen molar-refractivity contribution in [1.29, 1.82) is 0 Å². The summed E-state index contributed by atoms with van der Waals surface area (Å²) in [7, 11) is 0. The van der Waals surface area contributed by atoms with Crippen LogP contribution in [0.15, 0.2) is 24.3 Å². The van der Waals surface area contributed by atoms with Gasteiger partial charge in [0.1, 0.15) is 5.01 Å². The van der Waals surface area contributed by atoms with Crippen molar-refractivity contribution in [3.05, 3.63) is 40.4 Å². The van der Waals surface area contributed by atoms with Crippen LogP contribution in [0.2, 0.25) is 0 Å². The van der Waals surface area contributed by atoms with Crippen LogP contribution in [-0.2, 0) is 12.8 Å². The minimum absolute atomic E-state index is 0.322. The first-order chi connectivity index (χ1) is 10.2. The average Bonchev–Trinajstić information content (AvgIpc) is 2.91. The highest BCUT2D eigenvalue weighted by molar-refractivity contribution is 7.15. The molecule has 21 heavy (non-hydrogen) atoms. The molecule has 1 unspecified atom stereocenters. The van der Waals surface area contributed by atoms with Gasteiger partial charge >= 0.3 is 5.97 Å². The van der Waals surface area contributed by atoms with E-state index in [9.17, 15) is 4.79 Å². The standard InChI is InChI=1S/C17H19NO2S/c1-2-3-11-4-9-14-15(10-11)21-16(18-14)12-5-7-13(8-6-12)17(19)20/h5-8,11H,2-4,9-10H2,1H3,(H,19,20). The number of hydrogen-bond acceptors (Lipinski definition) is 3. The molecule has 0 amide bonds. The van der Waals surface area contributed by atoms with E-state index in [0.717, 1.165) is 29.3 Å². The minimum atomic E-state index is -0.887. The summed E-state index contributed by atoms with van der Waals surface area (Å²) in [5.41, 5.74) is 2.60. The molecule has 1 aromatic heterocycles. The normalized spacial score (nSPS) is 17.5. The summed E-state index contributed by atoms with van der Waals surface area (Å²) in [6, 6.07) is 7.02. The van der Waals surface area contributed by atoms with E-state index in [0.29, 0.717) is 5.56 Å². The van der Waals surface area contributed by atoms with Gasteiger partial charge in [0.05, 0.1) is 11.3 Å². The maximum absolute atomic E-state index is 10.9. The van der Waals surface area contributed by atoms with Crippen LogP contribution in [0.3, 0.4) is 0 Å². The first-order valence-corrected chi connectivity index (χ1v) is 8.31. The predicted molar refractivity (Wildman–Crippen MR) is 84.9 cm³/mol. The summed E-state index contributed by atoms with van der Waals surface area (Å²) >= 11 is 1.77. The lowest BCUT2D eigenvalue weighted by molar-refractivity contribution is 0.0697. The fourth-order valence-corrected chi connectivity index (χ4v) is 4.20. The van der Waals surface area contributed by atoms with Crippen LogP contribution in [-0.4, -0.2) is 16.1 Å². The molecule has 3 nitrogen and oxygen atoms in total. The second-order valence-electron chi connectivity index (χ2n) is 5.67. The number of aromatic nitrogens is 1. The number of rotatable bonds is 4. The molecule has 0 saturated heterocycles. The van der Waals surface area contributed by atoms with Crippen molar-refractivity contribution in [3.8, 4) is 10.6 Å². The number of carbonyl (C=O) groups is 1. The van der Waals surface area contributed by atoms with Gasteiger partial charge in [0.15, 0.2) is 0 Å². The number of benzene rings is 1. The fourth-order valence-electron chi connectivity index (χ4n) is 2.98. The monoisotopic (exact) mass is 301 g/mol. The molecule has 2 aromatic rings. The number of aromatic carboxylic acids is 1. The Bertz CT molecular complexity index is 645. The summed E-state index contributed by atoms with van der Waals surface area (Å²) in [5.74, 6) is -0.0763. The summed E-state index contributed by atoms with van der Waals surface area (Å²) in [4.78, 5) is 17.1. The highest BCUT2D eigenvalue weighted by atomic mass is 32.1. The molecule has 1 heterocycles. The molecule has 1 aliphatic rings. The van der Waals surface area contributed by atoms with Gasteiger partial charge in [0, 0.05) is 10.4 Å². The lowest BCUT2D eigenvalue weighted by Crippen LogP contribution is -2.12.